The number of hydrogen-bond acceptors (Lipinski definition) is 8. The first-order chi connectivity index (χ1) is 16.6. The summed E-state index contributed by atoms with van der Waals surface area (Å²) in [5.74, 6) is 1.28. The standard InChI is InChI=1S/C15H13N3O3.C10H12N2O/c1-20-15-10(8-16)6-11(9-17-15)18-4-5-21-14-3-2-12(19)7-13(14)18;13-10(12-7-1-2-8-12)9-3-5-11-6-4-9/h2-3,6-7,9,19H,4-5H2,1H3;3-6H,1-2,7-8H2. The number of rotatable bonds is 3. The molecule has 3 aromatic rings. The van der Waals surface area contributed by atoms with Crippen LogP contribution in [0.15, 0.2) is 55.0 Å². The number of amides is 1. The van der Waals surface area contributed by atoms with Gasteiger partial charge in [0.05, 0.1) is 31.2 Å². The van der Waals surface area contributed by atoms with Crippen molar-refractivity contribution >= 4 is 17.3 Å². The molecule has 0 bridgehead atoms. The van der Waals surface area contributed by atoms with E-state index in [2.05, 4.69) is 16.0 Å². The van der Waals surface area contributed by atoms with Gasteiger partial charge in [-0.3, -0.25) is 9.78 Å². The lowest BCUT2D eigenvalue weighted by atomic mass is 10.2. The first-order valence-electron chi connectivity index (χ1n) is 11.0. The predicted molar refractivity (Wildman–Crippen MR) is 125 cm³/mol. The summed E-state index contributed by atoms with van der Waals surface area (Å²) in [4.78, 5) is 23.6. The van der Waals surface area contributed by atoms with Gasteiger partial charge < -0.3 is 24.4 Å². The van der Waals surface area contributed by atoms with Crippen LogP contribution in [0.4, 0.5) is 11.4 Å². The second kappa shape index (κ2) is 10.5. The predicted octanol–water partition coefficient (Wildman–Crippen LogP) is 3.52. The normalized spacial score (nSPS) is 14.2. The molecule has 9 heteroatoms. The topological polar surface area (TPSA) is 112 Å². The Labute approximate surface area is 197 Å². The smallest absolute Gasteiger partial charge is 0.253 e. The minimum atomic E-state index is 0.139. The van der Waals surface area contributed by atoms with Gasteiger partial charge in [0.1, 0.15) is 29.7 Å². The number of hydrogen-bond donors (Lipinski definition) is 1. The van der Waals surface area contributed by atoms with Gasteiger partial charge in [0.25, 0.3) is 5.91 Å². The largest absolute Gasteiger partial charge is 0.508 e. The van der Waals surface area contributed by atoms with Gasteiger partial charge in [-0.05, 0) is 43.2 Å². The van der Waals surface area contributed by atoms with Crippen molar-refractivity contribution in [3.63, 3.8) is 0 Å². The van der Waals surface area contributed by atoms with E-state index in [1.54, 1.807) is 55.0 Å². The van der Waals surface area contributed by atoms with Crippen molar-refractivity contribution in [1.29, 1.82) is 5.26 Å². The molecule has 0 radical (unpaired) electrons. The summed E-state index contributed by atoms with van der Waals surface area (Å²) in [6, 6.07) is 12.2. The number of carbonyl (C=O) groups is 1. The zero-order chi connectivity index (χ0) is 23.9. The number of phenolic OH excluding ortho intramolecular Hbond substituents is 1. The van der Waals surface area contributed by atoms with Crippen LogP contribution in [0.5, 0.6) is 17.4 Å². The number of nitrogens with zero attached hydrogens (tertiary/aromatic N) is 5. The van der Waals surface area contributed by atoms with Crippen molar-refractivity contribution in [2.45, 2.75) is 12.8 Å². The van der Waals surface area contributed by atoms with Crippen LogP contribution in [0, 0.1) is 11.3 Å². The molecule has 34 heavy (non-hydrogen) atoms. The molecule has 1 amide bonds. The summed E-state index contributed by atoms with van der Waals surface area (Å²) < 4.78 is 10.6. The van der Waals surface area contributed by atoms with E-state index in [0.29, 0.717) is 30.3 Å². The van der Waals surface area contributed by atoms with Crippen molar-refractivity contribution in [1.82, 2.24) is 14.9 Å². The molecular formula is C25H25N5O4. The van der Waals surface area contributed by atoms with Gasteiger partial charge in [0.15, 0.2) is 0 Å². The van der Waals surface area contributed by atoms with Crippen LogP contribution < -0.4 is 14.4 Å². The summed E-state index contributed by atoms with van der Waals surface area (Å²) in [5.41, 5.74) is 2.61. The number of pyridine rings is 2. The first kappa shape index (κ1) is 22.9. The second-order valence-corrected chi connectivity index (χ2v) is 7.75. The average molecular weight is 460 g/mol. The van der Waals surface area contributed by atoms with E-state index >= 15 is 0 Å². The number of aromatic hydroxyl groups is 1. The van der Waals surface area contributed by atoms with E-state index in [9.17, 15) is 9.90 Å². The molecule has 1 saturated heterocycles. The zero-order valence-electron chi connectivity index (χ0n) is 18.8. The molecule has 1 N–H and O–H groups in total. The Morgan fingerprint density at radius 1 is 1.15 bits per heavy atom. The summed E-state index contributed by atoms with van der Waals surface area (Å²) in [6.45, 7) is 2.93. The molecule has 2 aliphatic heterocycles. The Kier molecular flexibility index (Phi) is 7.08. The summed E-state index contributed by atoms with van der Waals surface area (Å²) >= 11 is 0. The molecule has 2 aliphatic rings. The highest BCUT2D eigenvalue weighted by Gasteiger charge is 2.22. The number of nitriles is 1. The van der Waals surface area contributed by atoms with Gasteiger partial charge in [-0.15, -0.1) is 0 Å². The van der Waals surface area contributed by atoms with Crippen molar-refractivity contribution < 1.29 is 19.4 Å². The third-order valence-electron chi connectivity index (χ3n) is 5.59. The Morgan fingerprint density at radius 2 is 1.91 bits per heavy atom. The number of likely N-dealkylation sites (tertiary alicyclic amines) is 1. The van der Waals surface area contributed by atoms with Crippen LogP contribution in [-0.4, -0.2) is 59.2 Å². The first-order valence-corrected chi connectivity index (χ1v) is 11.0. The fourth-order valence-electron chi connectivity index (χ4n) is 3.90. The molecular weight excluding hydrogens is 434 g/mol. The van der Waals surface area contributed by atoms with Crippen LogP contribution in [-0.2, 0) is 0 Å². The molecule has 9 nitrogen and oxygen atoms in total. The number of benzene rings is 1. The number of carbonyl (C=O) groups excluding carboxylic acids is 1. The average Bonchev–Trinajstić information content (AvgIpc) is 3.43. The minimum Gasteiger partial charge on any atom is -0.508 e. The Morgan fingerprint density at radius 3 is 2.62 bits per heavy atom. The number of anilines is 2. The number of phenols is 1. The zero-order valence-corrected chi connectivity index (χ0v) is 18.8. The molecule has 4 heterocycles. The number of ether oxygens (including phenoxy) is 2. The van der Waals surface area contributed by atoms with E-state index < -0.39 is 0 Å². The van der Waals surface area contributed by atoms with E-state index in [4.69, 9.17) is 14.7 Å². The summed E-state index contributed by atoms with van der Waals surface area (Å²) in [6.07, 6.45) is 7.22. The lowest BCUT2D eigenvalue weighted by Gasteiger charge is -2.31. The van der Waals surface area contributed by atoms with Gasteiger partial charge in [0.2, 0.25) is 5.88 Å². The number of methoxy groups -OCH3 is 1. The molecule has 0 atom stereocenters. The van der Waals surface area contributed by atoms with E-state index in [1.165, 1.54) is 7.11 Å². The molecule has 1 aromatic carbocycles. The van der Waals surface area contributed by atoms with E-state index in [1.807, 2.05) is 9.80 Å². The van der Waals surface area contributed by atoms with Crippen molar-refractivity contribution in [3.05, 3.63) is 66.1 Å². The quantitative estimate of drug-likeness (QED) is 0.633. The number of fused-ring (bicyclic) bond motifs is 1. The SMILES string of the molecule is COc1ncc(N2CCOc3ccc(O)cc32)cc1C#N.O=C(c1ccncc1)N1CCCC1. The van der Waals surface area contributed by atoms with E-state index in [0.717, 1.165) is 42.9 Å². The van der Waals surface area contributed by atoms with E-state index in [-0.39, 0.29) is 11.7 Å². The molecule has 5 rings (SSSR count). The monoisotopic (exact) mass is 459 g/mol. The second-order valence-electron chi connectivity index (χ2n) is 7.75. The van der Waals surface area contributed by atoms with Gasteiger partial charge in [0, 0.05) is 37.1 Å². The lowest BCUT2D eigenvalue weighted by Crippen LogP contribution is -2.28. The Balaban J connectivity index is 0.000000180. The third-order valence-corrected chi connectivity index (χ3v) is 5.59. The van der Waals surface area contributed by atoms with Crippen LogP contribution >= 0.6 is 0 Å². The summed E-state index contributed by atoms with van der Waals surface area (Å²) in [7, 11) is 1.48. The molecule has 0 spiro atoms. The lowest BCUT2D eigenvalue weighted by molar-refractivity contribution is 0.0792. The minimum absolute atomic E-state index is 0.139. The van der Waals surface area contributed by atoms with Crippen LogP contribution in [0.1, 0.15) is 28.8 Å². The Hall–Kier alpha value is -4.32. The van der Waals surface area contributed by atoms with Gasteiger partial charge in [-0.25, -0.2) is 4.98 Å². The molecule has 0 unspecified atom stereocenters. The molecule has 0 saturated carbocycles. The van der Waals surface area contributed by atoms with Crippen LogP contribution in [0.2, 0.25) is 0 Å². The maximum atomic E-state index is 11.7. The van der Waals surface area contributed by atoms with Gasteiger partial charge >= 0.3 is 0 Å². The van der Waals surface area contributed by atoms with Crippen molar-refractivity contribution in [2.75, 3.05) is 38.3 Å². The maximum Gasteiger partial charge on any atom is 0.253 e. The van der Waals surface area contributed by atoms with Gasteiger partial charge in [-0.2, -0.15) is 5.26 Å². The number of aromatic nitrogens is 2. The fourth-order valence-corrected chi connectivity index (χ4v) is 3.90. The van der Waals surface area contributed by atoms with Crippen molar-refractivity contribution in [3.8, 4) is 23.4 Å². The van der Waals surface area contributed by atoms with Crippen molar-refractivity contribution in [2.24, 2.45) is 0 Å². The molecule has 1 fully saturated rings. The highest BCUT2D eigenvalue weighted by molar-refractivity contribution is 5.94. The molecule has 2 aromatic heterocycles. The Bertz CT molecular complexity index is 1190. The van der Waals surface area contributed by atoms with Gasteiger partial charge in [-0.1, -0.05) is 0 Å². The van der Waals surface area contributed by atoms with Crippen LogP contribution in [0.3, 0.4) is 0 Å². The fraction of sp³-hybridized carbons (Fsp3) is 0.280. The molecule has 0 aliphatic carbocycles. The highest BCUT2D eigenvalue weighted by atomic mass is 16.5. The summed E-state index contributed by atoms with van der Waals surface area (Å²) in [5, 5.41) is 18.8. The third kappa shape index (κ3) is 5.02. The van der Waals surface area contributed by atoms with Crippen LogP contribution in [0.25, 0.3) is 0 Å². The molecule has 174 valence electrons. The maximum absolute atomic E-state index is 11.7. The highest BCUT2D eigenvalue weighted by Crippen LogP contribution is 2.39.